The van der Waals surface area contributed by atoms with E-state index in [2.05, 4.69) is 68.8 Å². The molecule has 1 N–H and O–H groups in total. The van der Waals surface area contributed by atoms with Crippen LogP contribution in [0.15, 0.2) is 66.7 Å². The van der Waals surface area contributed by atoms with Crippen LogP contribution in [0.3, 0.4) is 0 Å². The van der Waals surface area contributed by atoms with Gasteiger partial charge in [0.2, 0.25) is 0 Å². The first-order valence-corrected chi connectivity index (χ1v) is 12.7. The summed E-state index contributed by atoms with van der Waals surface area (Å²) in [6.45, 7) is 13.6. The fourth-order valence-electron chi connectivity index (χ4n) is 4.62. The number of aromatic nitrogens is 1. The van der Waals surface area contributed by atoms with Gasteiger partial charge < -0.3 is 14.6 Å². The number of aryl methyl sites for hydroxylation is 1. The van der Waals surface area contributed by atoms with Crippen LogP contribution in [-0.2, 0) is 12.0 Å². The number of benzene rings is 3. The van der Waals surface area contributed by atoms with Crippen molar-refractivity contribution in [1.29, 1.82) is 5.26 Å². The molecule has 5 heteroatoms. The van der Waals surface area contributed by atoms with Crippen LogP contribution in [0.2, 0.25) is 0 Å². The second kappa shape index (κ2) is 10.5. The summed E-state index contributed by atoms with van der Waals surface area (Å²) >= 11 is 0. The molecule has 0 saturated carbocycles. The molecule has 0 aliphatic rings. The lowest BCUT2D eigenvalue weighted by Gasteiger charge is -2.20. The number of nitrogens with zero attached hydrogens (tertiary/aromatic N) is 2. The fraction of sp³-hybridized carbons (Fsp3) is 0.312. The first-order valence-electron chi connectivity index (χ1n) is 12.7. The van der Waals surface area contributed by atoms with E-state index in [1.165, 1.54) is 16.8 Å². The van der Waals surface area contributed by atoms with E-state index >= 15 is 0 Å². The van der Waals surface area contributed by atoms with Crippen molar-refractivity contribution in [2.24, 2.45) is 0 Å². The van der Waals surface area contributed by atoms with Crippen molar-refractivity contribution in [3.63, 3.8) is 0 Å². The third-order valence-corrected chi connectivity index (χ3v) is 7.09. The number of carbonyl (C=O) groups is 1. The van der Waals surface area contributed by atoms with Crippen LogP contribution in [0, 0.1) is 25.2 Å². The number of fused-ring (bicyclic) bond motifs is 1. The van der Waals surface area contributed by atoms with Crippen LogP contribution in [0.1, 0.15) is 72.0 Å². The highest BCUT2D eigenvalue weighted by Crippen LogP contribution is 2.28. The van der Waals surface area contributed by atoms with Crippen LogP contribution < -0.4 is 10.1 Å². The molecule has 0 radical (unpaired) electrons. The largest absolute Gasteiger partial charge is 0.479 e. The number of hydrogen-bond acceptors (Lipinski definition) is 3. The predicted molar refractivity (Wildman–Crippen MR) is 149 cm³/mol. The highest BCUT2D eigenvalue weighted by Gasteiger charge is 2.17. The lowest BCUT2D eigenvalue weighted by molar-refractivity contribution is 0.0940. The van der Waals surface area contributed by atoms with Crippen molar-refractivity contribution in [3.8, 4) is 11.8 Å². The Morgan fingerprint density at radius 1 is 1.03 bits per heavy atom. The Labute approximate surface area is 219 Å². The molecular formula is C32H35N3O2. The molecular weight excluding hydrogens is 458 g/mol. The number of amides is 1. The molecule has 190 valence electrons. The fourth-order valence-corrected chi connectivity index (χ4v) is 4.62. The highest BCUT2D eigenvalue weighted by molar-refractivity contribution is 5.99. The van der Waals surface area contributed by atoms with Gasteiger partial charge in [-0.05, 0) is 78.8 Å². The zero-order valence-electron chi connectivity index (χ0n) is 22.6. The Hall–Kier alpha value is -4.04. The van der Waals surface area contributed by atoms with Gasteiger partial charge >= 0.3 is 0 Å². The van der Waals surface area contributed by atoms with Crippen molar-refractivity contribution in [3.05, 3.63) is 100 Å². The van der Waals surface area contributed by atoms with Crippen molar-refractivity contribution >= 4 is 16.8 Å². The SMILES string of the molecule is Cc1c(C)n(Cc2ccc(OCC#N)cc2)c2ccc(C(=O)N[C@@H](C)c3ccc(C(C)(C)C)cc3)cc12. The van der Waals surface area contributed by atoms with E-state index in [9.17, 15) is 4.79 Å². The number of ether oxygens (including phenoxy) is 1. The van der Waals surface area contributed by atoms with Gasteiger partial charge in [0.05, 0.1) is 6.04 Å². The van der Waals surface area contributed by atoms with E-state index in [4.69, 9.17) is 10.00 Å². The topological polar surface area (TPSA) is 67.0 Å². The summed E-state index contributed by atoms with van der Waals surface area (Å²) in [6, 6.07) is 24.1. The van der Waals surface area contributed by atoms with E-state index in [1.807, 2.05) is 55.5 Å². The third kappa shape index (κ3) is 5.70. The summed E-state index contributed by atoms with van der Waals surface area (Å²) in [5.41, 5.74) is 7.70. The molecule has 4 aromatic rings. The van der Waals surface area contributed by atoms with Gasteiger partial charge in [-0.2, -0.15) is 5.26 Å². The van der Waals surface area contributed by atoms with E-state index in [1.54, 1.807) is 0 Å². The standard InChI is InChI=1S/C32H35N3O2/c1-21-23(3)35(20-24-7-14-28(15-8-24)37-18-17-33)30-16-11-26(19-29(21)30)31(36)34-22(2)25-9-12-27(13-10-25)32(4,5)6/h7-16,19,22H,18,20H2,1-6H3,(H,34,36)/t22-/m0/s1. The second-order valence-corrected chi connectivity index (χ2v) is 10.7. The number of nitrogens with one attached hydrogen (secondary N) is 1. The maximum Gasteiger partial charge on any atom is 0.251 e. The van der Waals surface area contributed by atoms with Crippen LogP contribution >= 0.6 is 0 Å². The van der Waals surface area contributed by atoms with Gasteiger partial charge in [0.25, 0.3) is 5.91 Å². The number of rotatable bonds is 7. The summed E-state index contributed by atoms with van der Waals surface area (Å²) in [7, 11) is 0. The lowest BCUT2D eigenvalue weighted by atomic mass is 9.86. The van der Waals surface area contributed by atoms with Gasteiger partial charge in [-0.1, -0.05) is 57.2 Å². The Balaban J connectivity index is 1.52. The minimum Gasteiger partial charge on any atom is -0.479 e. The van der Waals surface area contributed by atoms with E-state index < -0.39 is 0 Å². The lowest BCUT2D eigenvalue weighted by Crippen LogP contribution is -2.26. The van der Waals surface area contributed by atoms with Crippen LogP contribution in [-0.4, -0.2) is 17.1 Å². The van der Waals surface area contributed by atoms with Crippen molar-refractivity contribution in [1.82, 2.24) is 9.88 Å². The van der Waals surface area contributed by atoms with E-state index in [0.29, 0.717) is 17.9 Å². The molecule has 0 bridgehead atoms. The van der Waals surface area contributed by atoms with Gasteiger partial charge in [-0.15, -0.1) is 0 Å². The molecule has 0 fully saturated rings. The summed E-state index contributed by atoms with van der Waals surface area (Å²) < 4.78 is 7.64. The monoisotopic (exact) mass is 493 g/mol. The number of nitriles is 1. The number of hydrogen-bond donors (Lipinski definition) is 1. The van der Waals surface area contributed by atoms with Gasteiger partial charge in [0, 0.05) is 28.7 Å². The predicted octanol–water partition coefficient (Wildman–Crippen LogP) is 7.00. The quantitative estimate of drug-likeness (QED) is 0.301. The molecule has 0 spiro atoms. The summed E-state index contributed by atoms with van der Waals surface area (Å²) in [5.74, 6) is 0.609. The zero-order valence-corrected chi connectivity index (χ0v) is 22.6. The van der Waals surface area contributed by atoms with Crippen LogP contribution in [0.25, 0.3) is 10.9 Å². The van der Waals surface area contributed by atoms with Crippen LogP contribution in [0.4, 0.5) is 0 Å². The molecule has 1 heterocycles. The second-order valence-electron chi connectivity index (χ2n) is 10.7. The normalized spacial score (nSPS) is 12.2. The van der Waals surface area contributed by atoms with Crippen LogP contribution in [0.5, 0.6) is 5.75 Å². The molecule has 1 atom stereocenters. The molecule has 4 rings (SSSR count). The van der Waals surface area contributed by atoms with Crippen molar-refractivity contribution in [2.75, 3.05) is 6.61 Å². The Morgan fingerprint density at radius 2 is 1.70 bits per heavy atom. The van der Waals surface area contributed by atoms with Gasteiger partial charge in [0.1, 0.15) is 11.8 Å². The Bertz CT molecular complexity index is 1450. The average molecular weight is 494 g/mol. The molecule has 1 amide bonds. The first-order chi connectivity index (χ1) is 17.6. The average Bonchev–Trinajstić information content (AvgIpc) is 3.12. The Morgan fingerprint density at radius 3 is 2.32 bits per heavy atom. The van der Waals surface area contributed by atoms with E-state index in [-0.39, 0.29) is 24.0 Å². The molecule has 0 aliphatic carbocycles. The maximum absolute atomic E-state index is 13.1. The molecule has 0 unspecified atom stereocenters. The molecule has 3 aromatic carbocycles. The molecule has 0 saturated heterocycles. The molecule has 1 aromatic heterocycles. The van der Waals surface area contributed by atoms with Gasteiger partial charge in [-0.25, -0.2) is 0 Å². The van der Waals surface area contributed by atoms with Crippen molar-refractivity contribution in [2.45, 2.75) is 59.5 Å². The minimum atomic E-state index is -0.0928. The third-order valence-electron chi connectivity index (χ3n) is 7.09. The first kappa shape index (κ1) is 26.0. The summed E-state index contributed by atoms with van der Waals surface area (Å²) in [6.07, 6.45) is 0. The maximum atomic E-state index is 13.1. The summed E-state index contributed by atoms with van der Waals surface area (Å²) in [5, 5.41) is 12.9. The van der Waals surface area contributed by atoms with E-state index in [0.717, 1.165) is 22.0 Å². The highest BCUT2D eigenvalue weighted by atomic mass is 16.5. The molecule has 0 aliphatic heterocycles. The zero-order chi connectivity index (χ0) is 26.7. The minimum absolute atomic E-state index is 0.0397. The Kier molecular flexibility index (Phi) is 7.40. The molecule has 37 heavy (non-hydrogen) atoms. The number of carbonyl (C=O) groups excluding carboxylic acids is 1. The molecule has 5 nitrogen and oxygen atoms in total. The van der Waals surface area contributed by atoms with Gasteiger partial charge in [-0.3, -0.25) is 4.79 Å². The van der Waals surface area contributed by atoms with Gasteiger partial charge in [0.15, 0.2) is 6.61 Å². The smallest absolute Gasteiger partial charge is 0.251 e. The van der Waals surface area contributed by atoms with Crippen molar-refractivity contribution < 1.29 is 9.53 Å². The summed E-state index contributed by atoms with van der Waals surface area (Å²) in [4.78, 5) is 13.1.